The number of nitro benzene ring substituents is 2. The van der Waals surface area contributed by atoms with Crippen LogP contribution < -0.4 is 21.3 Å². The molecule has 53 heavy (non-hydrogen) atoms. The van der Waals surface area contributed by atoms with Crippen LogP contribution in [-0.2, 0) is 29.8 Å². The standard InChI is InChI=1S/C33H28N6O12S2/c1-17-12-20(4-8-24(17)36-26-10-6-22(38(42)43)14-30(26)52(46,47)48)34-28-16-29(40)32(19(3)33(28)41)35-21-5-9-25(18(2)13-21)37-27-11-7-23(39(44)45)15-31(27)53(49,50)51/h4-16,34-37H,1-3H3,(H,46,47,48)(H,49,50,51). The lowest BCUT2D eigenvalue weighted by Crippen LogP contribution is -2.25. The SMILES string of the molecule is CC1=C(Nc2ccc(Nc3ccc([N+](=O)[O-])cc3S(=O)(=O)O)c(C)c2)C(=O)C=C(Nc2ccc(Nc3ccc([N+](=O)[O-])cc3S(=O)(=O)O)c(C)c2)C1=O. The zero-order chi connectivity index (χ0) is 39.0. The van der Waals surface area contributed by atoms with Crippen LogP contribution in [0.25, 0.3) is 0 Å². The number of rotatable bonds is 12. The van der Waals surface area contributed by atoms with Crippen molar-refractivity contribution in [1.82, 2.24) is 0 Å². The first-order chi connectivity index (χ1) is 24.7. The maximum absolute atomic E-state index is 13.3. The number of anilines is 6. The molecular formula is C33H28N6O12S2. The molecule has 0 fully saturated rings. The van der Waals surface area contributed by atoms with Gasteiger partial charge in [0.15, 0.2) is 0 Å². The van der Waals surface area contributed by atoms with E-state index in [1.807, 2.05) is 0 Å². The van der Waals surface area contributed by atoms with Crippen LogP contribution in [0.4, 0.5) is 45.5 Å². The van der Waals surface area contributed by atoms with Crippen molar-refractivity contribution >= 4 is 77.3 Å². The van der Waals surface area contributed by atoms with E-state index in [0.29, 0.717) is 33.9 Å². The van der Waals surface area contributed by atoms with Gasteiger partial charge < -0.3 is 21.3 Å². The van der Waals surface area contributed by atoms with Crippen LogP contribution in [0.3, 0.4) is 0 Å². The fourth-order valence-corrected chi connectivity index (χ4v) is 6.59. The Hall–Kier alpha value is -6.48. The quantitative estimate of drug-likeness (QED) is 0.0422. The summed E-state index contributed by atoms with van der Waals surface area (Å²) in [6, 6.07) is 15.2. The van der Waals surface area contributed by atoms with Gasteiger partial charge in [-0.3, -0.25) is 38.9 Å². The Morgan fingerprint density at radius 3 is 1.40 bits per heavy atom. The number of carbonyl (C=O) groups excluding carboxylic acids is 2. The number of aryl methyl sites for hydroxylation is 2. The van der Waals surface area contributed by atoms with E-state index < -0.39 is 62.8 Å². The third kappa shape index (κ3) is 8.37. The second-order valence-electron chi connectivity index (χ2n) is 11.6. The second-order valence-corrected chi connectivity index (χ2v) is 14.4. The lowest BCUT2D eigenvalue weighted by Gasteiger charge is -2.20. The van der Waals surface area contributed by atoms with Crippen LogP contribution >= 0.6 is 0 Å². The second kappa shape index (κ2) is 14.3. The molecule has 4 aromatic carbocycles. The topological polar surface area (TPSA) is 277 Å². The van der Waals surface area contributed by atoms with Crippen LogP contribution in [0.1, 0.15) is 18.1 Å². The third-order valence-electron chi connectivity index (χ3n) is 7.93. The van der Waals surface area contributed by atoms with E-state index in [1.165, 1.54) is 31.2 Å². The number of non-ortho nitro benzene ring substituents is 2. The first-order valence-corrected chi connectivity index (χ1v) is 17.9. The van der Waals surface area contributed by atoms with E-state index in [4.69, 9.17) is 0 Å². The van der Waals surface area contributed by atoms with Crippen molar-refractivity contribution in [3.8, 4) is 0 Å². The highest BCUT2D eigenvalue weighted by molar-refractivity contribution is 7.86. The van der Waals surface area contributed by atoms with Crippen LogP contribution in [0.5, 0.6) is 0 Å². The fourth-order valence-electron chi connectivity index (χ4n) is 5.25. The van der Waals surface area contributed by atoms with E-state index in [-0.39, 0.29) is 28.3 Å². The van der Waals surface area contributed by atoms with Crippen molar-refractivity contribution in [2.24, 2.45) is 0 Å². The van der Waals surface area contributed by atoms with Crippen molar-refractivity contribution in [3.05, 3.63) is 127 Å². The van der Waals surface area contributed by atoms with Gasteiger partial charge in [0.2, 0.25) is 11.6 Å². The van der Waals surface area contributed by atoms with E-state index in [0.717, 1.165) is 42.5 Å². The van der Waals surface area contributed by atoms with E-state index >= 15 is 0 Å². The van der Waals surface area contributed by atoms with Crippen LogP contribution in [0.2, 0.25) is 0 Å². The van der Waals surface area contributed by atoms with Gasteiger partial charge in [-0.1, -0.05) is 0 Å². The van der Waals surface area contributed by atoms with Gasteiger partial charge in [0.1, 0.15) is 9.79 Å². The Bertz CT molecular complexity index is 2550. The first-order valence-electron chi connectivity index (χ1n) is 15.1. The Labute approximate surface area is 301 Å². The average Bonchev–Trinajstić information content (AvgIpc) is 3.07. The predicted molar refractivity (Wildman–Crippen MR) is 193 cm³/mol. The predicted octanol–water partition coefficient (Wildman–Crippen LogP) is 5.93. The number of nitro groups is 2. The average molecular weight is 765 g/mol. The number of nitrogens with zero attached hydrogens (tertiary/aromatic N) is 2. The Morgan fingerprint density at radius 1 is 0.585 bits per heavy atom. The maximum Gasteiger partial charge on any atom is 0.296 e. The van der Waals surface area contributed by atoms with Gasteiger partial charge in [0, 0.05) is 58.7 Å². The van der Waals surface area contributed by atoms with Gasteiger partial charge in [0.05, 0.1) is 32.6 Å². The molecule has 0 atom stereocenters. The highest BCUT2D eigenvalue weighted by Crippen LogP contribution is 2.34. The van der Waals surface area contributed by atoms with Gasteiger partial charge >= 0.3 is 0 Å². The zero-order valence-corrected chi connectivity index (χ0v) is 29.3. The summed E-state index contributed by atoms with van der Waals surface area (Å²) in [6.45, 7) is 4.77. The molecule has 0 amide bonds. The fraction of sp³-hybridized carbons (Fsp3) is 0.0909. The molecule has 20 heteroatoms. The molecule has 0 aliphatic heterocycles. The van der Waals surface area contributed by atoms with Gasteiger partial charge in [-0.05, 0) is 80.4 Å². The minimum Gasteiger partial charge on any atom is -0.354 e. The number of nitrogens with one attached hydrogen (secondary N) is 4. The smallest absolute Gasteiger partial charge is 0.296 e. The number of allylic oxidation sites excluding steroid dienone is 2. The summed E-state index contributed by atoms with van der Waals surface area (Å²) < 4.78 is 66.9. The molecule has 0 aromatic heterocycles. The number of Topliss-reactive ketones (excluding diaryl/α,β-unsaturated/α-hetero) is 1. The van der Waals surface area contributed by atoms with Crippen LogP contribution in [0.15, 0.2) is 106 Å². The van der Waals surface area contributed by atoms with E-state index in [1.54, 1.807) is 26.0 Å². The summed E-state index contributed by atoms with van der Waals surface area (Å²) in [7, 11) is -9.66. The summed E-state index contributed by atoms with van der Waals surface area (Å²) in [6.07, 6.45) is 1.11. The highest BCUT2D eigenvalue weighted by Gasteiger charge is 2.27. The monoisotopic (exact) mass is 764 g/mol. The van der Waals surface area contributed by atoms with Crippen molar-refractivity contribution in [3.63, 3.8) is 0 Å². The van der Waals surface area contributed by atoms with Crippen LogP contribution in [0, 0.1) is 34.1 Å². The van der Waals surface area contributed by atoms with Gasteiger partial charge in [-0.25, -0.2) is 0 Å². The molecule has 0 bridgehead atoms. The number of carbonyl (C=O) groups is 2. The summed E-state index contributed by atoms with van der Waals surface area (Å²) in [5.74, 6) is -1.03. The summed E-state index contributed by atoms with van der Waals surface area (Å²) in [4.78, 5) is 45.8. The summed E-state index contributed by atoms with van der Waals surface area (Å²) in [5, 5.41) is 33.7. The highest BCUT2D eigenvalue weighted by atomic mass is 32.2. The maximum atomic E-state index is 13.3. The molecule has 0 radical (unpaired) electrons. The number of benzene rings is 4. The zero-order valence-electron chi connectivity index (χ0n) is 27.7. The van der Waals surface area contributed by atoms with Crippen molar-refractivity contribution in [1.29, 1.82) is 0 Å². The summed E-state index contributed by atoms with van der Waals surface area (Å²) >= 11 is 0. The lowest BCUT2D eigenvalue weighted by molar-refractivity contribution is -0.385. The third-order valence-corrected chi connectivity index (χ3v) is 9.72. The Morgan fingerprint density at radius 2 is 1.00 bits per heavy atom. The molecule has 0 saturated heterocycles. The number of hydrogen-bond donors (Lipinski definition) is 6. The summed E-state index contributed by atoms with van der Waals surface area (Å²) in [5.41, 5.74) is 1.37. The molecule has 274 valence electrons. The number of hydrogen-bond acceptors (Lipinski definition) is 14. The van der Waals surface area contributed by atoms with E-state index in [9.17, 15) is 55.8 Å². The molecule has 0 saturated carbocycles. The van der Waals surface area contributed by atoms with Gasteiger partial charge in [-0.15, -0.1) is 0 Å². The van der Waals surface area contributed by atoms with Gasteiger partial charge in [-0.2, -0.15) is 16.8 Å². The molecule has 0 spiro atoms. The number of ketones is 2. The molecule has 1 aliphatic rings. The molecule has 0 unspecified atom stereocenters. The Kier molecular flexibility index (Phi) is 10.2. The first kappa shape index (κ1) is 37.8. The Balaban J connectivity index is 1.30. The molecule has 4 aromatic rings. The lowest BCUT2D eigenvalue weighted by atomic mass is 9.97. The van der Waals surface area contributed by atoms with Gasteiger partial charge in [0.25, 0.3) is 31.6 Å². The van der Waals surface area contributed by atoms with Crippen LogP contribution in [-0.4, -0.2) is 47.4 Å². The van der Waals surface area contributed by atoms with Crippen molar-refractivity contribution in [2.75, 3.05) is 21.3 Å². The molecule has 18 nitrogen and oxygen atoms in total. The molecule has 6 N–H and O–H groups in total. The molecule has 0 heterocycles. The molecular weight excluding hydrogens is 737 g/mol. The molecule has 1 aliphatic carbocycles. The minimum atomic E-state index is -4.83. The van der Waals surface area contributed by atoms with E-state index in [2.05, 4.69) is 21.3 Å². The minimum absolute atomic E-state index is 0.00171. The molecule has 5 rings (SSSR count). The van der Waals surface area contributed by atoms with Crippen molar-refractivity contribution in [2.45, 2.75) is 30.6 Å². The van der Waals surface area contributed by atoms with Crippen molar-refractivity contribution < 1.29 is 45.4 Å². The normalized spacial score (nSPS) is 13.3. The largest absolute Gasteiger partial charge is 0.354 e.